The van der Waals surface area contributed by atoms with E-state index in [1.807, 2.05) is 13.8 Å². The van der Waals surface area contributed by atoms with E-state index in [4.69, 9.17) is 21.1 Å². The third-order valence-electron chi connectivity index (χ3n) is 2.71. The van der Waals surface area contributed by atoms with Gasteiger partial charge in [0.1, 0.15) is 0 Å². The van der Waals surface area contributed by atoms with Crippen molar-refractivity contribution in [1.82, 2.24) is 8.61 Å². The zero-order valence-electron chi connectivity index (χ0n) is 12.7. The first kappa shape index (κ1) is 20.1. The molecule has 0 unspecified atom stereocenters. The molecule has 0 aliphatic carbocycles. The minimum Gasteiger partial charge on any atom is -0.380 e. The zero-order chi connectivity index (χ0) is 15.4. The first-order valence-electron chi connectivity index (χ1n) is 6.93. The van der Waals surface area contributed by atoms with Crippen LogP contribution in [0.15, 0.2) is 0 Å². The summed E-state index contributed by atoms with van der Waals surface area (Å²) in [5.74, 6) is 0.442. The van der Waals surface area contributed by atoms with E-state index in [0.717, 1.165) is 0 Å². The van der Waals surface area contributed by atoms with Gasteiger partial charge in [-0.15, -0.1) is 11.6 Å². The Morgan fingerprint density at radius 3 is 1.90 bits per heavy atom. The summed E-state index contributed by atoms with van der Waals surface area (Å²) in [6.45, 7) is 6.73. The molecule has 0 aromatic rings. The maximum atomic E-state index is 12.4. The van der Waals surface area contributed by atoms with Gasteiger partial charge in [0, 0.05) is 45.8 Å². The number of nitrogens with zero attached hydrogens (tertiary/aromatic N) is 2. The van der Waals surface area contributed by atoms with Crippen LogP contribution in [0.3, 0.4) is 0 Å². The topological polar surface area (TPSA) is 59.1 Å². The highest BCUT2D eigenvalue weighted by Crippen LogP contribution is 2.07. The van der Waals surface area contributed by atoms with Crippen LogP contribution in [0.5, 0.6) is 0 Å². The molecule has 0 aliphatic heterocycles. The molecule has 0 heterocycles. The molecule has 0 aromatic carbocycles. The fraction of sp³-hybridized carbons (Fsp3) is 1.00. The molecule has 0 N–H and O–H groups in total. The van der Waals surface area contributed by atoms with E-state index in [0.29, 0.717) is 58.4 Å². The van der Waals surface area contributed by atoms with Gasteiger partial charge in [-0.05, 0) is 20.3 Å². The molecule has 0 rings (SSSR count). The number of ether oxygens (including phenoxy) is 2. The van der Waals surface area contributed by atoms with Crippen molar-refractivity contribution < 1.29 is 17.9 Å². The molecule has 0 fully saturated rings. The van der Waals surface area contributed by atoms with Crippen LogP contribution in [0.4, 0.5) is 0 Å². The maximum absolute atomic E-state index is 12.4. The van der Waals surface area contributed by atoms with Crippen LogP contribution in [0.25, 0.3) is 0 Å². The van der Waals surface area contributed by atoms with Gasteiger partial charge in [-0.25, -0.2) is 0 Å². The number of alkyl halides is 1. The van der Waals surface area contributed by atoms with Crippen molar-refractivity contribution in [3.8, 4) is 0 Å². The van der Waals surface area contributed by atoms with Crippen LogP contribution in [0.1, 0.15) is 20.3 Å². The highest BCUT2D eigenvalue weighted by atomic mass is 35.5. The van der Waals surface area contributed by atoms with Crippen molar-refractivity contribution in [2.24, 2.45) is 0 Å². The Morgan fingerprint density at radius 2 is 1.50 bits per heavy atom. The molecule has 20 heavy (non-hydrogen) atoms. The quantitative estimate of drug-likeness (QED) is 0.376. The van der Waals surface area contributed by atoms with Crippen LogP contribution in [-0.4, -0.2) is 76.0 Å². The molecule has 0 amide bonds. The average Bonchev–Trinajstić information content (AvgIpc) is 2.43. The molecule has 0 radical (unpaired) electrons. The minimum atomic E-state index is -3.49. The molecule has 0 bridgehead atoms. The second kappa shape index (κ2) is 11.7. The van der Waals surface area contributed by atoms with Gasteiger partial charge in [-0.3, -0.25) is 0 Å². The number of hydrogen-bond donors (Lipinski definition) is 0. The fourth-order valence-corrected chi connectivity index (χ4v) is 3.04. The normalized spacial score (nSPS) is 12.5. The van der Waals surface area contributed by atoms with Crippen molar-refractivity contribution in [1.29, 1.82) is 0 Å². The lowest BCUT2D eigenvalue weighted by Crippen LogP contribution is -2.45. The lowest BCUT2D eigenvalue weighted by atomic mass is 10.5. The molecular weight excluding hydrogens is 304 g/mol. The second-order valence-electron chi connectivity index (χ2n) is 4.16. The molecule has 0 aliphatic rings. The Kier molecular flexibility index (Phi) is 11.8. The Bertz CT molecular complexity index is 317. The summed E-state index contributed by atoms with van der Waals surface area (Å²) in [4.78, 5) is 0. The third kappa shape index (κ3) is 7.75. The lowest BCUT2D eigenvalue weighted by molar-refractivity contribution is 0.108. The second-order valence-corrected chi connectivity index (χ2v) is 6.58. The summed E-state index contributed by atoms with van der Waals surface area (Å²) in [7, 11) is -1.92. The highest BCUT2D eigenvalue weighted by molar-refractivity contribution is 7.86. The van der Waals surface area contributed by atoms with Gasteiger partial charge in [0.2, 0.25) is 0 Å². The number of halogens is 1. The molecule has 6 nitrogen and oxygen atoms in total. The van der Waals surface area contributed by atoms with Gasteiger partial charge in [-0.1, -0.05) is 0 Å². The highest BCUT2D eigenvalue weighted by Gasteiger charge is 2.26. The van der Waals surface area contributed by atoms with E-state index in [2.05, 4.69) is 0 Å². The summed E-state index contributed by atoms with van der Waals surface area (Å²) in [6, 6.07) is 0. The zero-order valence-corrected chi connectivity index (χ0v) is 14.3. The van der Waals surface area contributed by atoms with Crippen LogP contribution in [-0.2, 0) is 19.7 Å². The van der Waals surface area contributed by atoms with Crippen LogP contribution in [0, 0.1) is 0 Å². The molecule has 0 saturated heterocycles. The fourth-order valence-electron chi connectivity index (χ4n) is 1.56. The smallest absolute Gasteiger partial charge is 0.281 e. The largest absolute Gasteiger partial charge is 0.380 e. The number of rotatable bonds is 13. The molecule has 0 aromatic heterocycles. The van der Waals surface area contributed by atoms with Gasteiger partial charge in [0.15, 0.2) is 0 Å². The molecular formula is C12H27ClN2O4S. The first-order chi connectivity index (χ1) is 9.50. The molecule has 0 spiro atoms. The minimum absolute atomic E-state index is 0.328. The van der Waals surface area contributed by atoms with E-state index in [1.165, 1.54) is 8.61 Å². The van der Waals surface area contributed by atoms with E-state index >= 15 is 0 Å². The summed E-state index contributed by atoms with van der Waals surface area (Å²) >= 11 is 5.60. The lowest BCUT2D eigenvalue weighted by Gasteiger charge is -2.27. The van der Waals surface area contributed by atoms with Crippen molar-refractivity contribution >= 4 is 21.8 Å². The van der Waals surface area contributed by atoms with E-state index in [-0.39, 0.29) is 0 Å². The Morgan fingerprint density at radius 1 is 1.00 bits per heavy atom. The van der Waals surface area contributed by atoms with Crippen LogP contribution >= 0.6 is 11.6 Å². The summed E-state index contributed by atoms with van der Waals surface area (Å²) in [6.07, 6.45) is 0.627. The first-order valence-corrected chi connectivity index (χ1v) is 8.86. The predicted octanol–water partition coefficient (Wildman–Crippen LogP) is 1.17. The third-order valence-corrected chi connectivity index (χ3v) is 4.96. The molecule has 0 atom stereocenters. The van der Waals surface area contributed by atoms with E-state index in [9.17, 15) is 8.42 Å². The standard InChI is InChI=1S/C12H27ClN2O4S/c1-4-18-11-9-15(10-12-19-5-2)20(16,17)14(3)8-6-7-13/h4-12H2,1-3H3. The Hall–Kier alpha value is 0.0800. The van der Waals surface area contributed by atoms with Gasteiger partial charge in [0.25, 0.3) is 10.2 Å². The Labute approximate surface area is 128 Å². The molecule has 122 valence electrons. The Balaban J connectivity index is 4.60. The average molecular weight is 331 g/mol. The van der Waals surface area contributed by atoms with E-state index < -0.39 is 10.2 Å². The molecule has 0 saturated carbocycles. The monoisotopic (exact) mass is 330 g/mol. The van der Waals surface area contributed by atoms with Crippen LogP contribution in [0.2, 0.25) is 0 Å². The van der Waals surface area contributed by atoms with Crippen LogP contribution < -0.4 is 0 Å². The maximum Gasteiger partial charge on any atom is 0.281 e. The number of hydrogen-bond acceptors (Lipinski definition) is 4. The van der Waals surface area contributed by atoms with Gasteiger partial charge >= 0.3 is 0 Å². The summed E-state index contributed by atoms with van der Waals surface area (Å²) in [5, 5.41) is 0. The van der Waals surface area contributed by atoms with Crippen molar-refractivity contribution in [3.63, 3.8) is 0 Å². The van der Waals surface area contributed by atoms with Crippen molar-refractivity contribution in [3.05, 3.63) is 0 Å². The summed E-state index contributed by atoms with van der Waals surface area (Å²) in [5.41, 5.74) is 0. The van der Waals surface area contributed by atoms with Gasteiger partial charge in [0.05, 0.1) is 13.2 Å². The summed E-state index contributed by atoms with van der Waals surface area (Å²) < 4.78 is 38.0. The van der Waals surface area contributed by atoms with Gasteiger partial charge < -0.3 is 9.47 Å². The van der Waals surface area contributed by atoms with Crippen molar-refractivity contribution in [2.45, 2.75) is 20.3 Å². The SMILES string of the molecule is CCOCCN(CCOCC)S(=O)(=O)N(C)CCCCl. The van der Waals surface area contributed by atoms with E-state index in [1.54, 1.807) is 7.05 Å². The predicted molar refractivity (Wildman–Crippen MR) is 81.4 cm³/mol. The molecule has 8 heteroatoms. The van der Waals surface area contributed by atoms with Crippen molar-refractivity contribution in [2.75, 3.05) is 59.0 Å². The van der Waals surface area contributed by atoms with Gasteiger partial charge in [-0.2, -0.15) is 17.0 Å².